The first-order chi connectivity index (χ1) is 9.77. The molecule has 2 rings (SSSR count). The minimum absolute atomic E-state index is 0. The van der Waals surface area contributed by atoms with E-state index in [4.69, 9.17) is 5.73 Å². The molecule has 0 bridgehead atoms. The molecule has 1 heterocycles. The Morgan fingerprint density at radius 2 is 2.14 bits per heavy atom. The molecule has 1 aliphatic rings. The van der Waals surface area contributed by atoms with Crippen molar-refractivity contribution in [2.75, 3.05) is 13.1 Å². The summed E-state index contributed by atoms with van der Waals surface area (Å²) in [5.41, 5.74) is 5.61. The number of halogens is 4. The second-order valence-corrected chi connectivity index (χ2v) is 5.64. The lowest BCUT2D eigenvalue weighted by molar-refractivity contribution is -0.137. The molecule has 2 N–H and O–H groups in total. The Bertz CT molecular complexity index is 522. The van der Waals surface area contributed by atoms with E-state index in [0.717, 1.165) is 18.6 Å². The third kappa shape index (κ3) is 4.61. The summed E-state index contributed by atoms with van der Waals surface area (Å²) in [6.45, 7) is 2.91. The van der Waals surface area contributed by atoms with Crippen LogP contribution in [0.3, 0.4) is 0 Å². The SMILES string of the molecule is CC(Cc1cccc(C(F)(F)F)c1)C(=O)N1CC[C@@H](N)C1.Cl. The van der Waals surface area contributed by atoms with Gasteiger partial charge in [0, 0.05) is 25.0 Å². The number of amides is 1. The van der Waals surface area contributed by atoms with Gasteiger partial charge in [-0.3, -0.25) is 4.79 Å². The van der Waals surface area contributed by atoms with E-state index in [2.05, 4.69) is 0 Å². The average Bonchev–Trinajstić information content (AvgIpc) is 2.84. The van der Waals surface area contributed by atoms with Crippen LogP contribution in [0.2, 0.25) is 0 Å². The first-order valence-corrected chi connectivity index (χ1v) is 6.98. The van der Waals surface area contributed by atoms with Gasteiger partial charge >= 0.3 is 6.18 Å². The summed E-state index contributed by atoms with van der Waals surface area (Å²) in [5, 5.41) is 0. The lowest BCUT2D eigenvalue weighted by Crippen LogP contribution is -2.36. The van der Waals surface area contributed by atoms with E-state index in [1.54, 1.807) is 17.9 Å². The smallest absolute Gasteiger partial charge is 0.341 e. The summed E-state index contributed by atoms with van der Waals surface area (Å²) >= 11 is 0. The van der Waals surface area contributed by atoms with Crippen molar-refractivity contribution < 1.29 is 18.0 Å². The van der Waals surface area contributed by atoms with E-state index in [1.807, 2.05) is 0 Å². The summed E-state index contributed by atoms with van der Waals surface area (Å²) in [7, 11) is 0. The molecule has 22 heavy (non-hydrogen) atoms. The Labute approximate surface area is 134 Å². The standard InChI is InChI=1S/C15H19F3N2O.ClH/c1-10(14(21)20-6-5-13(19)9-20)7-11-3-2-4-12(8-11)15(16,17)18;/h2-4,8,10,13H,5-7,9,19H2,1H3;1H/t10?,13-;/m1./s1. The Kier molecular flexibility index (Phi) is 6.26. The Hall–Kier alpha value is -1.27. The summed E-state index contributed by atoms with van der Waals surface area (Å²) in [6.07, 6.45) is -3.28. The molecule has 0 spiro atoms. The zero-order valence-electron chi connectivity index (χ0n) is 12.3. The van der Waals surface area contributed by atoms with E-state index in [1.165, 1.54) is 6.07 Å². The summed E-state index contributed by atoms with van der Waals surface area (Å²) in [5.74, 6) is -0.390. The largest absolute Gasteiger partial charge is 0.416 e. The van der Waals surface area contributed by atoms with Crippen molar-refractivity contribution in [3.8, 4) is 0 Å². The van der Waals surface area contributed by atoms with Crippen molar-refractivity contribution >= 4 is 18.3 Å². The van der Waals surface area contributed by atoms with Crippen LogP contribution in [0.5, 0.6) is 0 Å². The quantitative estimate of drug-likeness (QED) is 0.922. The molecule has 124 valence electrons. The van der Waals surface area contributed by atoms with Gasteiger partial charge in [-0.05, 0) is 24.5 Å². The second kappa shape index (κ2) is 7.33. The molecule has 1 aromatic rings. The van der Waals surface area contributed by atoms with Crippen LogP contribution >= 0.6 is 12.4 Å². The van der Waals surface area contributed by atoms with Crippen LogP contribution in [-0.2, 0) is 17.4 Å². The topological polar surface area (TPSA) is 46.3 Å². The third-order valence-electron chi connectivity index (χ3n) is 3.75. The van der Waals surface area contributed by atoms with E-state index in [0.29, 0.717) is 25.1 Å². The van der Waals surface area contributed by atoms with Crippen molar-refractivity contribution in [2.45, 2.75) is 32.0 Å². The van der Waals surface area contributed by atoms with Crippen molar-refractivity contribution in [1.82, 2.24) is 4.90 Å². The van der Waals surface area contributed by atoms with Crippen molar-refractivity contribution in [3.05, 3.63) is 35.4 Å². The van der Waals surface area contributed by atoms with Crippen LogP contribution in [0.1, 0.15) is 24.5 Å². The zero-order valence-corrected chi connectivity index (χ0v) is 13.1. The molecule has 1 aliphatic heterocycles. The maximum Gasteiger partial charge on any atom is 0.416 e. The molecule has 1 saturated heterocycles. The van der Waals surface area contributed by atoms with E-state index in [-0.39, 0.29) is 30.3 Å². The number of carbonyl (C=O) groups is 1. The van der Waals surface area contributed by atoms with Gasteiger partial charge in [0.15, 0.2) is 0 Å². The predicted octanol–water partition coefficient (Wildman–Crippen LogP) is 2.87. The molecule has 0 radical (unpaired) electrons. The first kappa shape index (κ1) is 18.8. The molecule has 1 aromatic carbocycles. The molecule has 0 aromatic heterocycles. The lowest BCUT2D eigenvalue weighted by Gasteiger charge is -2.21. The Morgan fingerprint density at radius 3 is 2.68 bits per heavy atom. The number of benzene rings is 1. The monoisotopic (exact) mass is 336 g/mol. The fraction of sp³-hybridized carbons (Fsp3) is 0.533. The van der Waals surface area contributed by atoms with E-state index < -0.39 is 11.7 Å². The summed E-state index contributed by atoms with van der Waals surface area (Å²) in [6, 6.07) is 5.15. The highest BCUT2D eigenvalue weighted by molar-refractivity contribution is 5.85. The maximum absolute atomic E-state index is 12.7. The van der Waals surface area contributed by atoms with Gasteiger partial charge in [-0.1, -0.05) is 25.1 Å². The number of carbonyl (C=O) groups excluding carboxylic acids is 1. The normalized spacial score (nSPS) is 19.7. The highest BCUT2D eigenvalue weighted by Crippen LogP contribution is 2.30. The van der Waals surface area contributed by atoms with Gasteiger partial charge in [0.1, 0.15) is 0 Å². The van der Waals surface area contributed by atoms with Gasteiger partial charge in [0.2, 0.25) is 5.91 Å². The van der Waals surface area contributed by atoms with Gasteiger partial charge in [-0.15, -0.1) is 12.4 Å². The number of hydrogen-bond donors (Lipinski definition) is 1. The summed E-state index contributed by atoms with van der Waals surface area (Å²) < 4.78 is 38.0. The molecule has 1 fully saturated rings. The van der Waals surface area contributed by atoms with E-state index in [9.17, 15) is 18.0 Å². The number of nitrogens with zero attached hydrogens (tertiary/aromatic N) is 1. The van der Waals surface area contributed by atoms with Crippen LogP contribution in [0.25, 0.3) is 0 Å². The number of rotatable bonds is 3. The zero-order chi connectivity index (χ0) is 15.6. The minimum Gasteiger partial charge on any atom is -0.341 e. The number of nitrogens with two attached hydrogens (primary N) is 1. The molecule has 7 heteroatoms. The molecule has 1 amide bonds. The fourth-order valence-electron chi connectivity index (χ4n) is 2.61. The fourth-order valence-corrected chi connectivity index (χ4v) is 2.61. The number of alkyl halides is 3. The number of hydrogen-bond acceptors (Lipinski definition) is 2. The molecule has 0 saturated carbocycles. The van der Waals surface area contributed by atoms with Crippen molar-refractivity contribution in [2.24, 2.45) is 11.7 Å². The van der Waals surface area contributed by atoms with E-state index >= 15 is 0 Å². The van der Waals surface area contributed by atoms with Gasteiger partial charge in [0.25, 0.3) is 0 Å². The van der Waals surface area contributed by atoms with Gasteiger partial charge in [-0.25, -0.2) is 0 Å². The van der Waals surface area contributed by atoms with Crippen LogP contribution in [0.4, 0.5) is 13.2 Å². The molecular formula is C15H20ClF3N2O. The van der Waals surface area contributed by atoms with Crippen molar-refractivity contribution in [3.63, 3.8) is 0 Å². The van der Waals surface area contributed by atoms with Gasteiger partial charge in [-0.2, -0.15) is 13.2 Å². The van der Waals surface area contributed by atoms with Crippen LogP contribution in [0.15, 0.2) is 24.3 Å². The second-order valence-electron chi connectivity index (χ2n) is 5.64. The van der Waals surface area contributed by atoms with Crippen LogP contribution in [0, 0.1) is 5.92 Å². The predicted molar refractivity (Wildman–Crippen MR) is 80.7 cm³/mol. The minimum atomic E-state index is -4.36. The van der Waals surface area contributed by atoms with Crippen LogP contribution < -0.4 is 5.73 Å². The van der Waals surface area contributed by atoms with Gasteiger partial charge < -0.3 is 10.6 Å². The third-order valence-corrected chi connectivity index (χ3v) is 3.75. The molecule has 1 unspecified atom stereocenters. The highest BCUT2D eigenvalue weighted by atomic mass is 35.5. The van der Waals surface area contributed by atoms with Gasteiger partial charge in [0.05, 0.1) is 5.56 Å². The molecule has 3 nitrogen and oxygen atoms in total. The molecular weight excluding hydrogens is 317 g/mol. The average molecular weight is 337 g/mol. The molecule has 2 atom stereocenters. The summed E-state index contributed by atoms with van der Waals surface area (Å²) in [4.78, 5) is 13.9. The lowest BCUT2D eigenvalue weighted by atomic mass is 9.98. The Balaban J connectivity index is 0.00000242. The van der Waals surface area contributed by atoms with Crippen molar-refractivity contribution in [1.29, 1.82) is 0 Å². The maximum atomic E-state index is 12.7. The Morgan fingerprint density at radius 1 is 1.45 bits per heavy atom. The molecule has 0 aliphatic carbocycles. The number of likely N-dealkylation sites (tertiary alicyclic amines) is 1. The van der Waals surface area contributed by atoms with Crippen LogP contribution in [-0.4, -0.2) is 29.9 Å². The highest BCUT2D eigenvalue weighted by Gasteiger charge is 2.31. The first-order valence-electron chi connectivity index (χ1n) is 6.98.